The van der Waals surface area contributed by atoms with Crippen LogP contribution in [0.25, 0.3) is 5.69 Å². The normalized spacial score (nSPS) is 27.8. The van der Waals surface area contributed by atoms with Gasteiger partial charge in [-0.3, -0.25) is 0 Å². The van der Waals surface area contributed by atoms with Crippen molar-refractivity contribution in [3.63, 3.8) is 0 Å². The van der Waals surface area contributed by atoms with E-state index in [4.69, 9.17) is 9.47 Å². The Morgan fingerprint density at radius 3 is 2.83 bits per heavy atom. The van der Waals surface area contributed by atoms with Gasteiger partial charge in [0.2, 0.25) is 0 Å². The molecule has 0 unspecified atom stereocenters. The zero-order valence-electron chi connectivity index (χ0n) is 13.9. The number of esters is 1. The van der Waals surface area contributed by atoms with Crippen molar-refractivity contribution in [3.8, 4) is 5.69 Å². The number of rotatable bonds is 3. The summed E-state index contributed by atoms with van der Waals surface area (Å²) in [5.74, 6) is 0.0503. The van der Waals surface area contributed by atoms with Gasteiger partial charge < -0.3 is 9.47 Å². The molecule has 1 aromatic carbocycles. The largest absolute Gasteiger partial charge is 0.458 e. The van der Waals surface area contributed by atoms with E-state index in [1.165, 1.54) is 6.33 Å². The number of nitrogens with zero attached hydrogens (tertiary/aromatic N) is 3. The van der Waals surface area contributed by atoms with E-state index in [2.05, 4.69) is 23.9 Å². The minimum absolute atomic E-state index is 0.0784. The summed E-state index contributed by atoms with van der Waals surface area (Å²) in [5, 5.41) is 4.07. The second-order valence-electron chi connectivity index (χ2n) is 7.13. The standard InChI is InChI=1S/C18H21N3O3/c1-18(2)15-14(4-3-9-23-15)16(18)24-17(22)12-5-7-13(8-6-12)21-11-19-10-20-21/h5-8,10-11,14-16H,3-4,9H2,1-2H3/t14-,15-,16+/m1/s1. The summed E-state index contributed by atoms with van der Waals surface area (Å²) in [6.07, 6.45) is 5.33. The minimum atomic E-state index is -0.276. The van der Waals surface area contributed by atoms with Gasteiger partial charge in [0, 0.05) is 17.9 Å². The molecular weight excluding hydrogens is 306 g/mol. The van der Waals surface area contributed by atoms with Gasteiger partial charge in [0.1, 0.15) is 18.8 Å². The summed E-state index contributed by atoms with van der Waals surface area (Å²) < 4.78 is 13.3. The van der Waals surface area contributed by atoms with Crippen molar-refractivity contribution in [2.75, 3.05) is 6.61 Å². The molecule has 6 nitrogen and oxygen atoms in total. The van der Waals surface area contributed by atoms with Crippen LogP contribution in [0.4, 0.5) is 0 Å². The Bertz CT molecular complexity index is 724. The molecule has 0 N–H and O–H groups in total. The smallest absolute Gasteiger partial charge is 0.338 e. The summed E-state index contributed by atoms with van der Waals surface area (Å²) >= 11 is 0. The summed E-state index contributed by atoms with van der Waals surface area (Å²) in [4.78, 5) is 16.4. The summed E-state index contributed by atoms with van der Waals surface area (Å²) in [5.41, 5.74) is 1.28. The van der Waals surface area contributed by atoms with E-state index in [1.807, 2.05) is 12.1 Å². The first-order chi connectivity index (χ1) is 11.6. The Balaban J connectivity index is 1.46. The number of carbonyl (C=O) groups is 1. The molecule has 24 heavy (non-hydrogen) atoms. The van der Waals surface area contributed by atoms with E-state index < -0.39 is 0 Å². The molecule has 2 aliphatic rings. The molecule has 4 rings (SSSR count). The quantitative estimate of drug-likeness (QED) is 0.811. The van der Waals surface area contributed by atoms with Gasteiger partial charge in [-0.2, -0.15) is 5.10 Å². The van der Waals surface area contributed by atoms with Crippen LogP contribution in [0.2, 0.25) is 0 Å². The highest BCUT2D eigenvalue weighted by Crippen LogP contribution is 2.53. The van der Waals surface area contributed by atoms with Crippen molar-refractivity contribution in [1.82, 2.24) is 14.8 Å². The maximum Gasteiger partial charge on any atom is 0.338 e. The molecule has 3 atom stereocenters. The van der Waals surface area contributed by atoms with E-state index in [1.54, 1.807) is 23.1 Å². The minimum Gasteiger partial charge on any atom is -0.458 e. The Kier molecular flexibility index (Phi) is 3.64. The van der Waals surface area contributed by atoms with Crippen molar-refractivity contribution in [3.05, 3.63) is 42.5 Å². The van der Waals surface area contributed by atoms with Crippen LogP contribution in [0.5, 0.6) is 0 Å². The van der Waals surface area contributed by atoms with Crippen molar-refractivity contribution in [2.45, 2.75) is 38.9 Å². The third kappa shape index (κ3) is 2.41. The van der Waals surface area contributed by atoms with Crippen LogP contribution in [-0.4, -0.2) is 39.5 Å². The predicted molar refractivity (Wildman–Crippen MR) is 86.8 cm³/mol. The zero-order valence-corrected chi connectivity index (χ0v) is 13.9. The number of ether oxygens (including phenoxy) is 2. The lowest BCUT2D eigenvalue weighted by atomic mass is 9.57. The summed E-state index contributed by atoms with van der Waals surface area (Å²) in [7, 11) is 0. The fraction of sp³-hybridized carbons (Fsp3) is 0.500. The van der Waals surface area contributed by atoms with Crippen LogP contribution >= 0.6 is 0 Å². The Morgan fingerprint density at radius 2 is 2.12 bits per heavy atom. The van der Waals surface area contributed by atoms with E-state index >= 15 is 0 Å². The molecule has 0 spiro atoms. The van der Waals surface area contributed by atoms with Crippen molar-refractivity contribution in [2.24, 2.45) is 11.3 Å². The highest BCUT2D eigenvalue weighted by atomic mass is 16.6. The fourth-order valence-corrected chi connectivity index (χ4v) is 3.99. The lowest BCUT2D eigenvalue weighted by Crippen LogP contribution is -2.65. The molecule has 126 valence electrons. The predicted octanol–water partition coefficient (Wildman–Crippen LogP) is 2.63. The molecule has 0 radical (unpaired) electrons. The van der Waals surface area contributed by atoms with Gasteiger partial charge in [-0.25, -0.2) is 14.5 Å². The van der Waals surface area contributed by atoms with Gasteiger partial charge in [-0.15, -0.1) is 0 Å². The van der Waals surface area contributed by atoms with Crippen LogP contribution < -0.4 is 0 Å². The van der Waals surface area contributed by atoms with Crippen LogP contribution in [0, 0.1) is 11.3 Å². The van der Waals surface area contributed by atoms with E-state index in [-0.39, 0.29) is 23.6 Å². The second-order valence-corrected chi connectivity index (χ2v) is 7.13. The average Bonchev–Trinajstić information content (AvgIpc) is 3.14. The number of carbonyl (C=O) groups excluding carboxylic acids is 1. The highest BCUT2D eigenvalue weighted by Gasteiger charge is 2.60. The second kappa shape index (κ2) is 5.70. The van der Waals surface area contributed by atoms with Crippen molar-refractivity contribution < 1.29 is 14.3 Å². The van der Waals surface area contributed by atoms with Crippen LogP contribution in [0.1, 0.15) is 37.0 Å². The van der Waals surface area contributed by atoms with Crippen LogP contribution in [0.15, 0.2) is 36.9 Å². The maximum atomic E-state index is 12.5. The molecular formula is C18H21N3O3. The number of aromatic nitrogens is 3. The first kappa shape index (κ1) is 15.3. The van der Waals surface area contributed by atoms with Gasteiger partial charge in [0.15, 0.2) is 0 Å². The van der Waals surface area contributed by atoms with Gasteiger partial charge in [0.25, 0.3) is 0 Å². The number of hydrogen-bond acceptors (Lipinski definition) is 5. The molecule has 1 aliphatic heterocycles. The third-order valence-electron chi connectivity index (χ3n) is 5.24. The molecule has 1 saturated carbocycles. The molecule has 0 bridgehead atoms. The molecule has 6 heteroatoms. The lowest BCUT2D eigenvalue weighted by molar-refractivity contribution is -0.243. The molecule has 2 fully saturated rings. The summed E-state index contributed by atoms with van der Waals surface area (Å²) in [6, 6.07) is 7.20. The van der Waals surface area contributed by atoms with Gasteiger partial charge >= 0.3 is 5.97 Å². The van der Waals surface area contributed by atoms with Gasteiger partial charge in [-0.05, 0) is 37.1 Å². The molecule has 1 aromatic heterocycles. The van der Waals surface area contributed by atoms with Crippen LogP contribution in [0.3, 0.4) is 0 Å². The van der Waals surface area contributed by atoms with E-state index in [0.29, 0.717) is 11.5 Å². The fourth-order valence-electron chi connectivity index (χ4n) is 3.99. The van der Waals surface area contributed by atoms with Crippen LogP contribution in [-0.2, 0) is 9.47 Å². The third-order valence-corrected chi connectivity index (χ3v) is 5.24. The first-order valence-corrected chi connectivity index (χ1v) is 8.35. The van der Waals surface area contributed by atoms with Gasteiger partial charge in [0.05, 0.1) is 17.4 Å². The number of hydrogen-bond donors (Lipinski definition) is 0. The number of benzene rings is 1. The van der Waals surface area contributed by atoms with Crippen molar-refractivity contribution in [1.29, 1.82) is 0 Å². The molecule has 2 aromatic rings. The van der Waals surface area contributed by atoms with Gasteiger partial charge in [-0.1, -0.05) is 13.8 Å². The first-order valence-electron chi connectivity index (χ1n) is 8.35. The monoisotopic (exact) mass is 327 g/mol. The summed E-state index contributed by atoms with van der Waals surface area (Å²) in [6.45, 7) is 5.05. The SMILES string of the molecule is CC1(C)[C@@H]2OCCC[C@H]2[C@@H]1OC(=O)c1ccc(-n2cncn2)cc1. The lowest BCUT2D eigenvalue weighted by Gasteiger charge is -2.58. The zero-order chi connectivity index (χ0) is 16.7. The molecule has 0 amide bonds. The van der Waals surface area contributed by atoms with Crippen molar-refractivity contribution >= 4 is 5.97 Å². The topological polar surface area (TPSA) is 66.2 Å². The molecule has 1 aliphatic carbocycles. The molecule has 1 saturated heterocycles. The molecule has 2 heterocycles. The Morgan fingerprint density at radius 1 is 1.33 bits per heavy atom. The maximum absolute atomic E-state index is 12.5. The van der Waals surface area contributed by atoms with E-state index in [0.717, 1.165) is 25.1 Å². The Hall–Kier alpha value is -2.21. The number of fused-ring (bicyclic) bond motifs is 1. The highest BCUT2D eigenvalue weighted by molar-refractivity contribution is 5.89. The van der Waals surface area contributed by atoms with E-state index in [9.17, 15) is 4.79 Å². The average molecular weight is 327 g/mol. The Labute approximate surface area is 140 Å².